The predicted molar refractivity (Wildman–Crippen MR) is 76.6 cm³/mol. The van der Waals surface area contributed by atoms with Gasteiger partial charge in [0.05, 0.1) is 0 Å². The highest BCUT2D eigenvalue weighted by Gasteiger charge is 2.08. The summed E-state index contributed by atoms with van der Waals surface area (Å²) >= 11 is 0. The van der Waals surface area contributed by atoms with Crippen LogP contribution >= 0.6 is 0 Å². The van der Waals surface area contributed by atoms with E-state index in [0.717, 1.165) is 37.4 Å². The average Bonchev–Trinajstić information content (AvgIpc) is 2.46. The maximum atomic E-state index is 12.0. The molecular weight excluding hydrogens is 242 g/mol. The maximum absolute atomic E-state index is 12.0. The van der Waals surface area contributed by atoms with Crippen LogP contribution in [0.2, 0.25) is 0 Å². The molecule has 0 spiro atoms. The zero-order valence-electron chi connectivity index (χ0n) is 12.0. The molecular formula is C14H23N3O2. The molecule has 1 aromatic rings. The third kappa shape index (κ3) is 5.26. The number of amides is 1. The lowest BCUT2D eigenvalue weighted by atomic mass is 10.1. The third-order valence-corrected chi connectivity index (χ3v) is 2.82. The minimum absolute atomic E-state index is 0.0500. The Morgan fingerprint density at radius 1 is 1.37 bits per heavy atom. The first kappa shape index (κ1) is 15.4. The van der Waals surface area contributed by atoms with Gasteiger partial charge in [0.15, 0.2) is 0 Å². The summed E-state index contributed by atoms with van der Waals surface area (Å²) in [4.78, 5) is 16.4. The Balaban J connectivity index is 2.55. The van der Waals surface area contributed by atoms with E-state index >= 15 is 0 Å². The van der Waals surface area contributed by atoms with Gasteiger partial charge in [0.25, 0.3) is 5.91 Å². The minimum Gasteiger partial charge on any atom is -0.385 e. The number of carbonyl (C=O) groups is 1. The Morgan fingerprint density at radius 3 is 2.79 bits per heavy atom. The first-order valence-corrected chi connectivity index (χ1v) is 6.67. The van der Waals surface area contributed by atoms with Crippen LogP contribution in [0.15, 0.2) is 12.1 Å². The average molecular weight is 265 g/mol. The molecule has 0 radical (unpaired) electrons. The minimum atomic E-state index is -0.0500. The molecule has 0 aromatic carbocycles. The Bertz CT molecular complexity index is 385. The summed E-state index contributed by atoms with van der Waals surface area (Å²) in [5, 5.41) is 5.88. The molecule has 1 heterocycles. The van der Waals surface area contributed by atoms with Crippen LogP contribution < -0.4 is 10.6 Å². The van der Waals surface area contributed by atoms with Crippen LogP contribution in [0.4, 0.5) is 5.82 Å². The van der Waals surface area contributed by atoms with Gasteiger partial charge in [-0.2, -0.15) is 0 Å². The van der Waals surface area contributed by atoms with E-state index in [4.69, 9.17) is 4.74 Å². The summed E-state index contributed by atoms with van der Waals surface area (Å²) in [6.45, 7) is 3.42. The fourth-order valence-corrected chi connectivity index (χ4v) is 1.70. The van der Waals surface area contributed by atoms with Crippen molar-refractivity contribution in [3.8, 4) is 0 Å². The van der Waals surface area contributed by atoms with E-state index in [-0.39, 0.29) is 5.91 Å². The highest BCUT2D eigenvalue weighted by molar-refractivity contribution is 5.94. The summed E-state index contributed by atoms with van der Waals surface area (Å²) < 4.78 is 4.96. The van der Waals surface area contributed by atoms with Crippen LogP contribution in [0.3, 0.4) is 0 Å². The number of methoxy groups -OCH3 is 1. The number of aryl methyl sites for hydroxylation is 1. The molecule has 5 nitrogen and oxygen atoms in total. The molecule has 2 N–H and O–H groups in total. The molecule has 0 unspecified atom stereocenters. The third-order valence-electron chi connectivity index (χ3n) is 2.82. The number of nitrogens with zero attached hydrogens (tertiary/aromatic N) is 1. The largest absolute Gasteiger partial charge is 0.385 e. The van der Waals surface area contributed by atoms with Gasteiger partial charge >= 0.3 is 0 Å². The molecule has 19 heavy (non-hydrogen) atoms. The van der Waals surface area contributed by atoms with E-state index in [2.05, 4.69) is 15.6 Å². The Morgan fingerprint density at radius 2 is 2.16 bits per heavy atom. The molecule has 0 saturated heterocycles. The second-order valence-corrected chi connectivity index (χ2v) is 4.29. The number of hydrogen-bond acceptors (Lipinski definition) is 4. The van der Waals surface area contributed by atoms with Crippen molar-refractivity contribution in [1.29, 1.82) is 0 Å². The summed E-state index contributed by atoms with van der Waals surface area (Å²) in [7, 11) is 3.48. The quantitative estimate of drug-likeness (QED) is 0.704. The van der Waals surface area contributed by atoms with Gasteiger partial charge in [0.1, 0.15) is 5.82 Å². The van der Waals surface area contributed by atoms with Crippen molar-refractivity contribution < 1.29 is 9.53 Å². The second-order valence-electron chi connectivity index (χ2n) is 4.29. The van der Waals surface area contributed by atoms with Crippen molar-refractivity contribution >= 4 is 11.7 Å². The topological polar surface area (TPSA) is 63.2 Å². The number of rotatable bonds is 8. The number of carbonyl (C=O) groups excluding carboxylic acids is 1. The van der Waals surface area contributed by atoms with E-state index in [0.29, 0.717) is 12.1 Å². The van der Waals surface area contributed by atoms with Crippen molar-refractivity contribution in [2.24, 2.45) is 0 Å². The highest BCUT2D eigenvalue weighted by Crippen LogP contribution is 2.10. The number of ether oxygens (including phenoxy) is 1. The number of pyridine rings is 1. The van der Waals surface area contributed by atoms with Gasteiger partial charge in [-0.15, -0.1) is 0 Å². The Labute approximate surface area is 114 Å². The fraction of sp³-hybridized carbons (Fsp3) is 0.571. The highest BCUT2D eigenvalue weighted by atomic mass is 16.5. The molecule has 0 atom stereocenters. The molecule has 1 aromatic heterocycles. The molecule has 0 bridgehead atoms. The van der Waals surface area contributed by atoms with Gasteiger partial charge in [-0.05, 0) is 31.4 Å². The molecule has 106 valence electrons. The number of nitrogens with one attached hydrogen (secondary N) is 2. The number of unbranched alkanes of at least 4 members (excludes halogenated alkanes) is 1. The lowest BCUT2D eigenvalue weighted by molar-refractivity contribution is 0.0951. The first-order chi connectivity index (χ1) is 9.21. The van der Waals surface area contributed by atoms with Crippen LogP contribution in [0.1, 0.15) is 35.8 Å². The van der Waals surface area contributed by atoms with E-state index in [9.17, 15) is 4.79 Å². The summed E-state index contributed by atoms with van der Waals surface area (Å²) in [6.07, 6.45) is 2.68. The van der Waals surface area contributed by atoms with Gasteiger partial charge < -0.3 is 15.4 Å². The van der Waals surface area contributed by atoms with E-state index < -0.39 is 0 Å². The van der Waals surface area contributed by atoms with Gasteiger partial charge in [-0.3, -0.25) is 4.79 Å². The van der Waals surface area contributed by atoms with E-state index in [1.807, 2.05) is 13.0 Å². The SMILES string of the molecule is CCc1cc(C(=O)NCCCCOC)cc(NC)n1. The number of aromatic nitrogens is 1. The van der Waals surface area contributed by atoms with Gasteiger partial charge in [-0.25, -0.2) is 4.98 Å². The molecule has 0 fully saturated rings. The van der Waals surface area contributed by atoms with Gasteiger partial charge in [0, 0.05) is 38.6 Å². The monoisotopic (exact) mass is 265 g/mol. The lowest BCUT2D eigenvalue weighted by Gasteiger charge is -2.08. The maximum Gasteiger partial charge on any atom is 0.251 e. The smallest absolute Gasteiger partial charge is 0.251 e. The lowest BCUT2D eigenvalue weighted by Crippen LogP contribution is -2.25. The Kier molecular flexibility index (Phi) is 6.89. The van der Waals surface area contributed by atoms with Crippen LogP contribution in [-0.2, 0) is 11.2 Å². The molecule has 0 aliphatic heterocycles. The van der Waals surface area contributed by atoms with Crippen LogP contribution in [0, 0.1) is 0 Å². The van der Waals surface area contributed by atoms with Gasteiger partial charge in [0.2, 0.25) is 0 Å². The number of hydrogen-bond donors (Lipinski definition) is 2. The van der Waals surface area contributed by atoms with Crippen molar-refractivity contribution in [3.63, 3.8) is 0 Å². The van der Waals surface area contributed by atoms with E-state index in [1.54, 1.807) is 20.2 Å². The summed E-state index contributed by atoms with van der Waals surface area (Å²) in [5.74, 6) is 0.676. The van der Waals surface area contributed by atoms with Crippen LogP contribution in [0.25, 0.3) is 0 Å². The molecule has 0 aliphatic carbocycles. The predicted octanol–water partition coefficient (Wildman–Crippen LogP) is 1.84. The van der Waals surface area contributed by atoms with Crippen LogP contribution in [-0.4, -0.2) is 38.2 Å². The van der Waals surface area contributed by atoms with E-state index in [1.165, 1.54) is 0 Å². The zero-order valence-corrected chi connectivity index (χ0v) is 12.0. The number of anilines is 1. The van der Waals surface area contributed by atoms with Crippen molar-refractivity contribution in [1.82, 2.24) is 10.3 Å². The normalized spacial score (nSPS) is 10.3. The van der Waals surface area contributed by atoms with Crippen molar-refractivity contribution in [3.05, 3.63) is 23.4 Å². The van der Waals surface area contributed by atoms with Crippen LogP contribution in [0.5, 0.6) is 0 Å². The standard InChI is InChI=1S/C14H23N3O2/c1-4-12-9-11(10-13(15-2)17-12)14(18)16-7-5-6-8-19-3/h9-10H,4-8H2,1-3H3,(H,15,17)(H,16,18). The molecule has 1 amide bonds. The van der Waals surface area contributed by atoms with Gasteiger partial charge in [-0.1, -0.05) is 6.92 Å². The summed E-state index contributed by atoms with van der Waals surface area (Å²) in [6, 6.07) is 3.61. The molecule has 1 rings (SSSR count). The Hall–Kier alpha value is -1.62. The zero-order chi connectivity index (χ0) is 14.1. The fourth-order valence-electron chi connectivity index (χ4n) is 1.70. The molecule has 5 heteroatoms. The first-order valence-electron chi connectivity index (χ1n) is 6.67. The molecule has 0 aliphatic rings. The van der Waals surface area contributed by atoms with Crippen molar-refractivity contribution in [2.45, 2.75) is 26.2 Å². The second kappa shape index (κ2) is 8.48. The summed E-state index contributed by atoms with van der Waals surface area (Å²) in [5.41, 5.74) is 1.57. The van der Waals surface area contributed by atoms with Crippen molar-refractivity contribution in [2.75, 3.05) is 32.6 Å². The molecule has 0 saturated carbocycles.